The van der Waals surface area contributed by atoms with Crippen LogP contribution in [0, 0.1) is 11.8 Å². The van der Waals surface area contributed by atoms with E-state index in [9.17, 15) is 0 Å². The summed E-state index contributed by atoms with van der Waals surface area (Å²) in [6, 6.07) is 0.957. The highest BCUT2D eigenvalue weighted by Crippen LogP contribution is 2.37. The van der Waals surface area contributed by atoms with E-state index in [1.165, 1.54) is 44.1 Å². The van der Waals surface area contributed by atoms with Gasteiger partial charge in [0.25, 0.3) is 0 Å². The predicted molar refractivity (Wildman–Crippen MR) is 60.3 cm³/mol. The van der Waals surface area contributed by atoms with E-state index in [1.807, 2.05) is 0 Å². The maximum absolute atomic E-state index is 3.61. The van der Waals surface area contributed by atoms with Crippen LogP contribution in [0.3, 0.4) is 0 Å². The lowest BCUT2D eigenvalue weighted by atomic mass is 10.1. The van der Waals surface area contributed by atoms with Crippen molar-refractivity contribution in [1.82, 2.24) is 4.90 Å². The van der Waals surface area contributed by atoms with Crippen molar-refractivity contribution < 1.29 is 0 Å². The van der Waals surface area contributed by atoms with Crippen molar-refractivity contribution in [3.05, 3.63) is 0 Å². The fourth-order valence-electron chi connectivity index (χ4n) is 2.87. The molecule has 0 aromatic heterocycles. The van der Waals surface area contributed by atoms with Crippen LogP contribution in [0.2, 0.25) is 0 Å². The molecule has 1 aliphatic heterocycles. The summed E-state index contributed by atoms with van der Waals surface area (Å²) in [5, 5.41) is 1.18. The minimum Gasteiger partial charge on any atom is -0.300 e. The van der Waals surface area contributed by atoms with Crippen LogP contribution < -0.4 is 0 Å². The SMILES string of the molecule is CCC(CBr)CN1CC2CCC1C2. The van der Waals surface area contributed by atoms with Crippen molar-refractivity contribution in [3.8, 4) is 0 Å². The van der Waals surface area contributed by atoms with Gasteiger partial charge in [0, 0.05) is 24.5 Å². The van der Waals surface area contributed by atoms with Crippen LogP contribution in [0.5, 0.6) is 0 Å². The first-order chi connectivity index (χ1) is 6.33. The Kier molecular flexibility index (Phi) is 3.31. The molecule has 0 radical (unpaired) electrons. The van der Waals surface area contributed by atoms with Crippen LogP contribution in [0.4, 0.5) is 0 Å². The standard InChI is InChI=1S/C11H20BrN/c1-2-9(6-12)7-13-8-10-3-4-11(13)5-10/h9-11H,2-8H2,1H3. The normalized spacial score (nSPS) is 35.5. The van der Waals surface area contributed by atoms with Gasteiger partial charge in [0.2, 0.25) is 0 Å². The second-order valence-electron chi connectivity index (χ2n) is 4.72. The molecule has 0 aromatic carbocycles. The molecule has 1 nitrogen and oxygen atoms in total. The smallest absolute Gasteiger partial charge is 0.00987 e. The van der Waals surface area contributed by atoms with Gasteiger partial charge in [-0.15, -0.1) is 0 Å². The number of halogens is 1. The zero-order chi connectivity index (χ0) is 9.26. The van der Waals surface area contributed by atoms with E-state index in [4.69, 9.17) is 0 Å². The van der Waals surface area contributed by atoms with E-state index in [1.54, 1.807) is 0 Å². The fraction of sp³-hybridized carbons (Fsp3) is 1.00. The summed E-state index contributed by atoms with van der Waals surface area (Å²) < 4.78 is 0. The van der Waals surface area contributed by atoms with Gasteiger partial charge in [-0.3, -0.25) is 4.90 Å². The molecule has 0 aromatic rings. The van der Waals surface area contributed by atoms with Crippen molar-refractivity contribution in [2.45, 2.75) is 38.6 Å². The van der Waals surface area contributed by atoms with E-state index in [0.717, 1.165) is 17.9 Å². The van der Waals surface area contributed by atoms with Crippen LogP contribution in [0.15, 0.2) is 0 Å². The maximum atomic E-state index is 3.61. The van der Waals surface area contributed by atoms with Crippen molar-refractivity contribution in [3.63, 3.8) is 0 Å². The Morgan fingerprint density at radius 1 is 1.46 bits per heavy atom. The summed E-state index contributed by atoms with van der Waals surface area (Å²) in [4.78, 5) is 2.74. The molecule has 1 heterocycles. The number of nitrogens with zero attached hydrogens (tertiary/aromatic N) is 1. The Bertz CT molecular complexity index is 167. The van der Waals surface area contributed by atoms with Gasteiger partial charge in [0.05, 0.1) is 0 Å². The van der Waals surface area contributed by atoms with Crippen LogP contribution in [-0.2, 0) is 0 Å². The number of likely N-dealkylation sites (tertiary alicyclic amines) is 1. The fourth-order valence-corrected chi connectivity index (χ4v) is 3.53. The highest BCUT2D eigenvalue weighted by molar-refractivity contribution is 9.09. The molecule has 2 aliphatic rings. The summed E-state index contributed by atoms with van der Waals surface area (Å²) in [5.74, 6) is 1.93. The lowest BCUT2D eigenvalue weighted by Gasteiger charge is -2.29. The first-order valence-electron chi connectivity index (χ1n) is 5.63. The van der Waals surface area contributed by atoms with Gasteiger partial charge in [-0.1, -0.05) is 29.3 Å². The Balaban J connectivity index is 1.82. The summed E-state index contributed by atoms with van der Waals surface area (Å²) in [5.41, 5.74) is 0. The largest absolute Gasteiger partial charge is 0.300 e. The van der Waals surface area contributed by atoms with E-state index in [0.29, 0.717) is 0 Å². The molecular formula is C11H20BrN. The highest BCUT2D eigenvalue weighted by atomic mass is 79.9. The third kappa shape index (κ3) is 2.10. The lowest BCUT2D eigenvalue weighted by molar-refractivity contribution is 0.187. The second-order valence-corrected chi connectivity index (χ2v) is 5.36. The first-order valence-corrected chi connectivity index (χ1v) is 6.75. The average molecular weight is 246 g/mol. The summed E-state index contributed by atoms with van der Waals surface area (Å²) in [7, 11) is 0. The van der Waals surface area contributed by atoms with Gasteiger partial charge in [-0.05, 0) is 31.1 Å². The molecule has 76 valence electrons. The molecule has 13 heavy (non-hydrogen) atoms. The minimum absolute atomic E-state index is 0.874. The number of alkyl halides is 1. The number of piperidine rings is 1. The Labute approximate surface area is 90.0 Å². The van der Waals surface area contributed by atoms with E-state index >= 15 is 0 Å². The molecule has 1 saturated carbocycles. The van der Waals surface area contributed by atoms with Gasteiger partial charge in [0.1, 0.15) is 0 Å². The van der Waals surface area contributed by atoms with Crippen LogP contribution >= 0.6 is 15.9 Å². The third-order valence-electron chi connectivity index (χ3n) is 3.81. The molecule has 1 aliphatic carbocycles. The molecule has 0 amide bonds. The van der Waals surface area contributed by atoms with Crippen molar-refractivity contribution in [2.75, 3.05) is 18.4 Å². The molecule has 0 spiro atoms. The van der Waals surface area contributed by atoms with Gasteiger partial charge in [-0.25, -0.2) is 0 Å². The van der Waals surface area contributed by atoms with Crippen LogP contribution in [0.25, 0.3) is 0 Å². The molecule has 0 N–H and O–H groups in total. The number of rotatable bonds is 4. The van der Waals surface area contributed by atoms with Crippen LogP contribution in [-0.4, -0.2) is 29.4 Å². The van der Waals surface area contributed by atoms with Crippen molar-refractivity contribution >= 4 is 15.9 Å². The highest BCUT2D eigenvalue weighted by Gasteiger charge is 2.37. The number of fused-ring (bicyclic) bond motifs is 2. The van der Waals surface area contributed by atoms with Gasteiger partial charge in [-0.2, -0.15) is 0 Å². The van der Waals surface area contributed by atoms with E-state index in [-0.39, 0.29) is 0 Å². The molecule has 3 unspecified atom stereocenters. The lowest BCUT2D eigenvalue weighted by Crippen LogP contribution is -2.36. The average Bonchev–Trinajstić information content (AvgIpc) is 2.75. The van der Waals surface area contributed by atoms with E-state index < -0.39 is 0 Å². The Hall–Kier alpha value is 0.440. The van der Waals surface area contributed by atoms with Crippen molar-refractivity contribution in [2.24, 2.45) is 11.8 Å². The Morgan fingerprint density at radius 2 is 2.31 bits per heavy atom. The molecular weight excluding hydrogens is 226 g/mol. The number of hydrogen-bond acceptors (Lipinski definition) is 1. The molecule has 2 bridgehead atoms. The third-order valence-corrected chi connectivity index (χ3v) is 4.73. The topological polar surface area (TPSA) is 3.24 Å². The van der Waals surface area contributed by atoms with Crippen molar-refractivity contribution in [1.29, 1.82) is 0 Å². The van der Waals surface area contributed by atoms with E-state index in [2.05, 4.69) is 27.8 Å². The van der Waals surface area contributed by atoms with Gasteiger partial charge in [0.15, 0.2) is 0 Å². The molecule has 2 heteroatoms. The first kappa shape index (κ1) is 9.97. The number of hydrogen-bond donors (Lipinski definition) is 0. The molecule has 3 atom stereocenters. The zero-order valence-electron chi connectivity index (χ0n) is 8.51. The molecule has 1 saturated heterocycles. The summed E-state index contributed by atoms with van der Waals surface area (Å²) >= 11 is 3.61. The quantitative estimate of drug-likeness (QED) is 0.689. The van der Waals surface area contributed by atoms with Gasteiger partial charge >= 0.3 is 0 Å². The molecule has 2 rings (SSSR count). The van der Waals surface area contributed by atoms with Crippen LogP contribution in [0.1, 0.15) is 32.6 Å². The monoisotopic (exact) mass is 245 g/mol. The summed E-state index contributed by atoms with van der Waals surface area (Å²) in [6.45, 7) is 5.04. The minimum atomic E-state index is 0.874. The predicted octanol–water partition coefficient (Wildman–Crippen LogP) is 2.89. The zero-order valence-corrected chi connectivity index (χ0v) is 10.1. The molecule has 2 fully saturated rings. The second kappa shape index (κ2) is 4.31. The van der Waals surface area contributed by atoms with Gasteiger partial charge < -0.3 is 0 Å². The maximum Gasteiger partial charge on any atom is 0.00987 e. The Morgan fingerprint density at radius 3 is 2.77 bits per heavy atom. The summed E-state index contributed by atoms with van der Waals surface area (Å²) in [6.07, 6.45) is 5.80.